The Bertz CT molecular complexity index is 5.25. The molecule has 0 fully saturated rings. The van der Waals surface area contributed by atoms with Crippen molar-refractivity contribution in [1.82, 2.24) is 0 Å². The van der Waals surface area contributed by atoms with Crippen molar-refractivity contribution in [3.63, 3.8) is 0 Å². The predicted molar refractivity (Wildman–Crippen MR) is 26.8 cm³/mol. The molecule has 0 aliphatic heterocycles. The molecular weight excluding hydrogens is 68.1 g/mol. The molecule has 0 saturated carbocycles. The van der Waals surface area contributed by atoms with Gasteiger partial charge in [0, 0.05) is 0 Å². The van der Waals surface area contributed by atoms with Gasteiger partial charge in [0.05, 0.1) is 0 Å². The molecule has 0 aliphatic carbocycles. The Morgan fingerprint density at radius 1 is 1.75 bits per heavy atom. The molecule has 28 valence electrons. The molecule has 0 heterocycles. The highest BCUT2D eigenvalue weighted by Gasteiger charge is 1.50. The van der Waals surface area contributed by atoms with Crippen LogP contribution < -0.4 is 0 Å². The summed E-state index contributed by atoms with van der Waals surface area (Å²) in [5, 5.41) is 0. The summed E-state index contributed by atoms with van der Waals surface area (Å²) in [6.07, 6.45) is 2.21. The maximum Gasteiger partial charge on any atom is -0.0309 e. The average molecular weight is 78.2 g/mol. The molecule has 0 aliphatic rings. The van der Waals surface area contributed by atoms with Crippen LogP contribution in [0, 0.1) is 0 Å². The van der Waals surface area contributed by atoms with Crippen molar-refractivity contribution in [3.8, 4) is 0 Å². The Kier molecular flexibility index (Phi) is 3.64. The third kappa shape index (κ3) is 2.35. The Balaban J connectivity index is 1.97. The minimum Gasteiger partial charge on any atom is -0.269 e. The molecule has 0 aromatic carbocycles. The summed E-state index contributed by atoms with van der Waals surface area (Å²) in [7, 11) is 0. The van der Waals surface area contributed by atoms with Gasteiger partial charge in [-0.1, -0.05) is 6.92 Å². The lowest BCUT2D eigenvalue weighted by molar-refractivity contribution is 1.53. The third-order valence-corrected chi connectivity index (χ3v) is 1.06. The molecule has 0 unspecified atom stereocenters. The van der Waals surface area contributed by atoms with E-state index >= 15 is 0 Å². The summed E-state index contributed by atoms with van der Waals surface area (Å²) in [6.45, 7) is 2.19. The lowest BCUT2D eigenvalue weighted by Crippen LogP contribution is -1.52. The summed E-state index contributed by atoms with van der Waals surface area (Å²) >= 11 is 1.14. The van der Waals surface area contributed by atoms with E-state index in [9.17, 15) is 0 Å². The quantitative estimate of drug-likeness (QED) is 0.436. The van der Waals surface area contributed by atoms with Crippen molar-refractivity contribution >= 4 is 11.8 Å². The van der Waals surface area contributed by atoms with Gasteiger partial charge in [-0.15, -0.1) is 0 Å². The van der Waals surface area contributed by atoms with Crippen LogP contribution in [0.5, 0.6) is 0 Å². The van der Waals surface area contributed by atoms with Gasteiger partial charge in [0.25, 0.3) is 0 Å². The van der Waals surface area contributed by atoms with Crippen LogP contribution in [0.1, 0.15) is 6.92 Å². The summed E-state index contributed by atoms with van der Waals surface area (Å²) in [4.78, 5) is 0. The summed E-state index contributed by atoms with van der Waals surface area (Å²) < 4.78 is 0. The largest absolute Gasteiger partial charge is 0.269 e. The highest BCUT2D eigenvalue weighted by molar-refractivity contribution is 7.98. The van der Waals surface area contributed by atoms with E-state index in [0.29, 0.717) is 0 Å². The van der Waals surface area contributed by atoms with Crippen LogP contribution in [0.15, 0.2) is 0 Å². The van der Waals surface area contributed by atoms with Crippen molar-refractivity contribution in [2.24, 2.45) is 0 Å². The van der Waals surface area contributed by atoms with Gasteiger partial charge in [-0.25, -0.2) is 0 Å². The molecule has 0 aromatic heterocycles. The van der Waals surface area contributed by atoms with E-state index in [2.05, 4.69) is 13.2 Å². The van der Waals surface area contributed by atoms with Gasteiger partial charge in [0.15, 0.2) is 0 Å². The summed E-state index contributed by atoms with van der Waals surface area (Å²) in [5.41, 5.74) is 0. The fraction of sp³-hybridized carbons (Fsp3) is 1.00. The fourth-order valence-corrected chi connectivity index (χ4v) is 0. The normalized spacial score (nSPS) is 12.5. The van der Waals surface area contributed by atoms with Gasteiger partial charge in [0.1, 0.15) is 0 Å². The maximum absolute atomic E-state index is 2.21. The summed E-state index contributed by atoms with van der Waals surface area (Å²) in [6, 6.07) is 0. The van der Waals surface area contributed by atoms with E-state index in [1.165, 1.54) is 5.75 Å². The molecule has 0 nitrogen and oxygen atoms in total. The van der Waals surface area contributed by atoms with E-state index in [-0.39, 0.29) is 0 Å². The molecule has 0 radical (unpaired) electrons. The topological polar surface area (TPSA) is 0 Å². The third-order valence-electron chi connectivity index (χ3n) is 0.354. The molecule has 0 aromatic rings. The average Bonchev–Trinajstić information content (AvgIpc) is 1.37. The van der Waals surface area contributed by atoms with E-state index in [4.69, 9.17) is 0 Å². The number of rotatable bonds is 1. The monoisotopic (exact) mass is 78.1 g/mol. The first-order chi connectivity index (χ1) is 1.91. The second kappa shape index (κ2) is 3.35. The second-order valence-electron chi connectivity index (χ2n) is 0.707. The Morgan fingerprint density at radius 2 is 2.00 bits per heavy atom. The van der Waals surface area contributed by atoms with Crippen molar-refractivity contribution in [2.45, 2.75) is 6.92 Å². The number of hydrogen-bond acceptors (Lipinski definition) is 0. The zero-order valence-electron chi connectivity index (χ0n) is 3.21. The first-order valence-electron chi connectivity index (χ1n) is 1.56. The van der Waals surface area contributed by atoms with E-state index < -0.39 is 0 Å². The standard InChI is InChI=1S/C3H10S/c1-3-4-2/h3-4H2,1-2H3. The lowest BCUT2D eigenvalue weighted by atomic mass is 11.0. The molecular formula is C3H10S. The van der Waals surface area contributed by atoms with E-state index in [1.807, 2.05) is 0 Å². The van der Waals surface area contributed by atoms with Crippen molar-refractivity contribution < 1.29 is 0 Å². The van der Waals surface area contributed by atoms with Crippen LogP contribution in [-0.4, -0.2) is 12.0 Å². The van der Waals surface area contributed by atoms with Crippen LogP contribution in [0.25, 0.3) is 0 Å². The molecule has 0 amide bonds. The minimum atomic E-state index is 1.14. The molecule has 0 atom stereocenters. The molecule has 4 heavy (non-hydrogen) atoms. The van der Waals surface area contributed by atoms with Gasteiger partial charge >= 0.3 is 0 Å². The smallest absolute Gasteiger partial charge is 0.0309 e. The molecule has 0 spiro atoms. The molecule has 0 bridgehead atoms. The molecule has 0 rings (SSSR count). The number of hydrogen-bond donors (Lipinski definition) is 0. The fourth-order valence-electron chi connectivity index (χ4n) is 0. The molecule has 0 N–H and O–H groups in total. The van der Waals surface area contributed by atoms with Crippen molar-refractivity contribution in [1.29, 1.82) is 0 Å². The summed E-state index contributed by atoms with van der Waals surface area (Å²) in [5.74, 6) is 1.35. The van der Waals surface area contributed by atoms with Gasteiger partial charge in [-0.3, -0.25) is 11.8 Å². The Labute approximate surface area is 31.6 Å². The van der Waals surface area contributed by atoms with Crippen LogP contribution >= 0.6 is 11.8 Å². The highest BCUT2D eigenvalue weighted by Crippen LogP contribution is 1.83. The minimum absolute atomic E-state index is 1.14. The Hall–Kier alpha value is 0.350. The van der Waals surface area contributed by atoms with Crippen LogP contribution in [-0.2, 0) is 0 Å². The lowest BCUT2D eigenvalue weighted by Gasteiger charge is -1.75. The van der Waals surface area contributed by atoms with Gasteiger partial charge in [0.2, 0.25) is 0 Å². The first kappa shape index (κ1) is 4.35. The second-order valence-corrected chi connectivity index (χ2v) is 2.12. The molecule has 0 saturated heterocycles. The van der Waals surface area contributed by atoms with Crippen molar-refractivity contribution in [2.75, 3.05) is 12.0 Å². The van der Waals surface area contributed by atoms with Gasteiger partial charge < -0.3 is 0 Å². The zero-order valence-corrected chi connectivity index (χ0v) is 4.21. The SMILES string of the molecule is CC[SH2]C. The Morgan fingerprint density at radius 3 is 2.00 bits per heavy atom. The first-order valence-corrected chi connectivity index (χ1v) is 3.27. The zero-order chi connectivity index (χ0) is 3.41. The molecule has 1 heteroatoms. The maximum atomic E-state index is 2.21. The van der Waals surface area contributed by atoms with E-state index in [1.54, 1.807) is 0 Å². The van der Waals surface area contributed by atoms with Gasteiger partial charge in [-0.2, -0.15) is 0 Å². The van der Waals surface area contributed by atoms with Gasteiger partial charge in [-0.05, 0) is 12.0 Å². The predicted octanol–water partition coefficient (Wildman–Crippen LogP) is 0.834. The van der Waals surface area contributed by atoms with Crippen LogP contribution in [0.4, 0.5) is 0 Å². The van der Waals surface area contributed by atoms with Crippen LogP contribution in [0.3, 0.4) is 0 Å². The van der Waals surface area contributed by atoms with Crippen molar-refractivity contribution in [3.05, 3.63) is 0 Å². The van der Waals surface area contributed by atoms with E-state index in [0.717, 1.165) is 11.8 Å². The van der Waals surface area contributed by atoms with Crippen LogP contribution in [0.2, 0.25) is 0 Å². The highest BCUT2D eigenvalue weighted by atomic mass is 32.2.